The summed E-state index contributed by atoms with van der Waals surface area (Å²) in [6.45, 7) is 0. The Morgan fingerprint density at radius 2 is 2.04 bits per heavy atom. The van der Waals surface area contributed by atoms with Crippen LogP contribution < -0.4 is 10.7 Å². The van der Waals surface area contributed by atoms with E-state index in [1.54, 1.807) is 5.51 Å². The molecule has 0 aromatic carbocycles. The van der Waals surface area contributed by atoms with Gasteiger partial charge in [-0.05, 0) is 25.7 Å². The van der Waals surface area contributed by atoms with Crippen LogP contribution >= 0.6 is 11.3 Å². The Balaban J connectivity index is 1.52. The molecule has 0 bridgehead atoms. The lowest BCUT2D eigenvalue weighted by atomic mass is 9.82. The third kappa shape index (κ3) is 2.41. The highest BCUT2D eigenvalue weighted by Gasteiger charge is 2.52. The zero-order valence-corrected chi connectivity index (χ0v) is 13.4. The van der Waals surface area contributed by atoms with E-state index in [4.69, 9.17) is 0 Å². The zero-order chi connectivity index (χ0) is 16.0. The molecule has 1 saturated heterocycles. The van der Waals surface area contributed by atoms with Crippen molar-refractivity contribution in [2.45, 2.75) is 56.4 Å². The fourth-order valence-electron chi connectivity index (χ4n) is 3.44. The van der Waals surface area contributed by atoms with Crippen LogP contribution in [0.3, 0.4) is 0 Å². The van der Waals surface area contributed by atoms with Crippen molar-refractivity contribution in [2.75, 3.05) is 0 Å². The van der Waals surface area contributed by atoms with Crippen LogP contribution in [0.1, 0.15) is 66.2 Å². The summed E-state index contributed by atoms with van der Waals surface area (Å²) >= 11 is 1.25. The van der Waals surface area contributed by atoms with E-state index in [0.29, 0.717) is 23.6 Å². The van der Waals surface area contributed by atoms with Crippen molar-refractivity contribution in [2.24, 2.45) is 0 Å². The Morgan fingerprint density at radius 1 is 1.30 bits per heavy atom. The van der Waals surface area contributed by atoms with Crippen molar-refractivity contribution in [1.29, 1.82) is 0 Å². The highest BCUT2D eigenvalue weighted by molar-refractivity contribution is 7.11. The molecule has 1 aliphatic heterocycles. The van der Waals surface area contributed by atoms with E-state index < -0.39 is 17.5 Å². The van der Waals surface area contributed by atoms with Crippen molar-refractivity contribution >= 4 is 29.2 Å². The fourth-order valence-corrected chi connectivity index (χ4v) is 4.21. The third-order valence-corrected chi connectivity index (χ3v) is 5.69. The summed E-state index contributed by atoms with van der Waals surface area (Å²) in [5.74, 6) is -0.423. The minimum absolute atomic E-state index is 0.340. The van der Waals surface area contributed by atoms with Gasteiger partial charge in [0.25, 0.3) is 11.8 Å². The van der Waals surface area contributed by atoms with Gasteiger partial charge in [-0.3, -0.25) is 15.0 Å². The van der Waals surface area contributed by atoms with E-state index in [2.05, 4.69) is 15.7 Å². The number of aromatic nitrogens is 1. The maximum absolute atomic E-state index is 12.6. The number of carbonyl (C=O) groups excluding carboxylic acids is 3. The van der Waals surface area contributed by atoms with Gasteiger partial charge in [0.05, 0.1) is 11.2 Å². The van der Waals surface area contributed by atoms with Crippen LogP contribution in [-0.4, -0.2) is 33.4 Å². The Labute approximate surface area is 137 Å². The molecule has 1 aromatic rings. The van der Waals surface area contributed by atoms with Crippen LogP contribution in [0.2, 0.25) is 0 Å². The fraction of sp³-hybridized carbons (Fsp3) is 0.600. The summed E-state index contributed by atoms with van der Waals surface area (Å²) in [5, 5.41) is 3.63. The number of nitrogens with zero attached hydrogens (tertiary/aromatic N) is 2. The molecule has 0 radical (unpaired) electrons. The molecule has 23 heavy (non-hydrogen) atoms. The largest absolute Gasteiger partial charge is 0.344 e. The molecular formula is C15H18N4O3S. The number of amides is 4. The van der Waals surface area contributed by atoms with E-state index in [0.717, 1.165) is 42.8 Å². The standard InChI is InChI=1S/C15H18N4O3S/c20-12(11-10(9-4-5-9)16-8-23-11)18-19-13(21)15(17-14(19)22)6-2-1-3-7-15/h8-9H,1-7H2,(H,17,22)(H,18,20). The Bertz CT molecular complexity index is 676. The predicted octanol–water partition coefficient (Wildman–Crippen LogP) is 1.92. The third-order valence-electron chi connectivity index (χ3n) is 4.85. The molecule has 2 saturated carbocycles. The van der Waals surface area contributed by atoms with Crippen molar-refractivity contribution < 1.29 is 14.4 Å². The van der Waals surface area contributed by atoms with Crippen LogP contribution in [-0.2, 0) is 4.79 Å². The van der Waals surface area contributed by atoms with E-state index in [-0.39, 0.29) is 5.91 Å². The molecule has 0 atom stereocenters. The van der Waals surface area contributed by atoms with Crippen LogP contribution in [0.15, 0.2) is 5.51 Å². The minimum atomic E-state index is -0.824. The molecule has 7 nitrogen and oxygen atoms in total. The minimum Gasteiger partial charge on any atom is -0.322 e. The smallest absolute Gasteiger partial charge is 0.322 e. The van der Waals surface area contributed by atoms with Crippen LogP contribution in [0.25, 0.3) is 0 Å². The molecule has 2 heterocycles. The summed E-state index contributed by atoms with van der Waals surface area (Å²) < 4.78 is 0. The number of carbonyl (C=O) groups is 3. The number of imide groups is 1. The summed E-state index contributed by atoms with van der Waals surface area (Å²) in [7, 11) is 0. The first-order valence-electron chi connectivity index (χ1n) is 8.02. The van der Waals surface area contributed by atoms with Gasteiger partial charge >= 0.3 is 6.03 Å². The van der Waals surface area contributed by atoms with Crippen molar-refractivity contribution in [3.63, 3.8) is 0 Å². The summed E-state index contributed by atoms with van der Waals surface area (Å²) in [4.78, 5) is 42.0. The lowest BCUT2D eigenvalue weighted by Gasteiger charge is -2.30. The summed E-state index contributed by atoms with van der Waals surface area (Å²) in [6.07, 6.45) is 6.24. The first-order chi connectivity index (χ1) is 11.1. The molecule has 2 aliphatic carbocycles. The lowest BCUT2D eigenvalue weighted by Crippen LogP contribution is -2.50. The molecule has 8 heteroatoms. The van der Waals surface area contributed by atoms with Gasteiger partial charge in [-0.1, -0.05) is 19.3 Å². The Kier molecular flexibility index (Phi) is 3.37. The van der Waals surface area contributed by atoms with Crippen molar-refractivity contribution in [3.8, 4) is 0 Å². The summed E-state index contributed by atoms with van der Waals surface area (Å²) in [5.41, 5.74) is 4.08. The molecule has 122 valence electrons. The number of rotatable bonds is 3. The first kappa shape index (κ1) is 14.6. The van der Waals surface area contributed by atoms with Gasteiger partial charge in [0.2, 0.25) is 0 Å². The van der Waals surface area contributed by atoms with Crippen molar-refractivity contribution in [3.05, 3.63) is 16.1 Å². The average Bonchev–Trinajstić information content (AvgIpc) is 3.24. The normalized spacial score (nSPS) is 23.2. The Hall–Kier alpha value is -1.96. The number of hydrogen-bond donors (Lipinski definition) is 2. The van der Waals surface area contributed by atoms with Gasteiger partial charge in [-0.2, -0.15) is 5.01 Å². The lowest BCUT2D eigenvalue weighted by molar-refractivity contribution is -0.134. The summed E-state index contributed by atoms with van der Waals surface area (Å²) in [6, 6.07) is -0.539. The van der Waals surface area contributed by atoms with Gasteiger partial charge in [0.1, 0.15) is 10.4 Å². The highest BCUT2D eigenvalue weighted by Crippen LogP contribution is 2.41. The maximum Gasteiger partial charge on any atom is 0.344 e. The number of nitrogens with one attached hydrogen (secondary N) is 2. The second kappa shape index (κ2) is 5.30. The quantitative estimate of drug-likeness (QED) is 0.826. The molecule has 1 spiro atoms. The molecule has 1 aromatic heterocycles. The van der Waals surface area contributed by atoms with E-state index in [9.17, 15) is 14.4 Å². The van der Waals surface area contributed by atoms with E-state index in [1.807, 2.05) is 0 Å². The molecule has 0 unspecified atom stereocenters. The number of urea groups is 1. The maximum atomic E-state index is 12.6. The molecule has 3 fully saturated rings. The molecule has 3 aliphatic rings. The zero-order valence-electron chi connectivity index (χ0n) is 12.6. The highest BCUT2D eigenvalue weighted by atomic mass is 32.1. The SMILES string of the molecule is O=C(NN1C(=O)NC2(CCCCC2)C1=O)c1scnc1C1CC1. The van der Waals surface area contributed by atoms with Gasteiger partial charge in [0, 0.05) is 5.92 Å². The second-order valence-corrected chi connectivity index (χ2v) is 7.35. The molecule has 2 N–H and O–H groups in total. The number of thiazole rings is 1. The van der Waals surface area contributed by atoms with E-state index >= 15 is 0 Å². The van der Waals surface area contributed by atoms with Crippen LogP contribution in [0.4, 0.5) is 4.79 Å². The van der Waals surface area contributed by atoms with Crippen LogP contribution in [0.5, 0.6) is 0 Å². The van der Waals surface area contributed by atoms with Gasteiger partial charge in [-0.15, -0.1) is 11.3 Å². The van der Waals surface area contributed by atoms with E-state index in [1.165, 1.54) is 11.3 Å². The second-order valence-electron chi connectivity index (χ2n) is 6.50. The van der Waals surface area contributed by atoms with Crippen LogP contribution in [0, 0.1) is 0 Å². The average molecular weight is 334 g/mol. The number of hydrazine groups is 1. The monoisotopic (exact) mass is 334 g/mol. The first-order valence-corrected chi connectivity index (χ1v) is 8.90. The van der Waals surface area contributed by atoms with Gasteiger partial charge in [-0.25, -0.2) is 9.78 Å². The molecule has 4 amide bonds. The van der Waals surface area contributed by atoms with Gasteiger partial charge < -0.3 is 5.32 Å². The Morgan fingerprint density at radius 3 is 2.74 bits per heavy atom. The predicted molar refractivity (Wildman–Crippen MR) is 82.7 cm³/mol. The number of hydrogen-bond acceptors (Lipinski definition) is 5. The van der Waals surface area contributed by atoms with Crippen molar-refractivity contribution in [1.82, 2.24) is 20.7 Å². The topological polar surface area (TPSA) is 91.4 Å². The molecular weight excluding hydrogens is 316 g/mol. The van der Waals surface area contributed by atoms with Gasteiger partial charge in [0.15, 0.2) is 0 Å². The molecule has 4 rings (SSSR count).